The molecule has 2 N–H and O–H groups in total. The Balaban J connectivity index is 2.25. The van der Waals surface area contributed by atoms with Gasteiger partial charge in [-0.25, -0.2) is 0 Å². The fraction of sp³-hybridized carbons (Fsp3) is 0.188. The van der Waals surface area contributed by atoms with Crippen LogP contribution >= 0.6 is 0 Å². The number of aryl methyl sites for hydroxylation is 3. The van der Waals surface area contributed by atoms with Crippen molar-refractivity contribution in [3.05, 3.63) is 58.7 Å². The molecule has 0 atom stereocenters. The van der Waals surface area contributed by atoms with Crippen LogP contribution in [0.1, 0.15) is 27.0 Å². The van der Waals surface area contributed by atoms with Gasteiger partial charge in [0.05, 0.1) is 0 Å². The van der Waals surface area contributed by atoms with E-state index < -0.39 is 0 Å². The van der Waals surface area contributed by atoms with E-state index >= 15 is 0 Å². The molecule has 19 heavy (non-hydrogen) atoms. The van der Waals surface area contributed by atoms with Crippen LogP contribution in [-0.2, 0) is 0 Å². The van der Waals surface area contributed by atoms with Crippen LogP contribution in [0, 0.1) is 20.8 Å². The monoisotopic (exact) mass is 255 g/mol. The summed E-state index contributed by atoms with van der Waals surface area (Å²) < 4.78 is 0. The molecule has 0 aliphatic carbocycles. The van der Waals surface area contributed by atoms with E-state index in [9.17, 15) is 9.90 Å². The van der Waals surface area contributed by atoms with Gasteiger partial charge in [-0.15, -0.1) is 0 Å². The summed E-state index contributed by atoms with van der Waals surface area (Å²) in [5.74, 6) is -0.0855. The number of phenolic OH excluding ortho intramolecular Hbond substituents is 1. The van der Waals surface area contributed by atoms with Crippen LogP contribution in [-0.4, -0.2) is 11.0 Å². The number of rotatable bonds is 2. The summed E-state index contributed by atoms with van der Waals surface area (Å²) in [7, 11) is 0. The van der Waals surface area contributed by atoms with Crippen molar-refractivity contribution in [3.8, 4) is 5.75 Å². The molecule has 0 saturated carbocycles. The summed E-state index contributed by atoms with van der Waals surface area (Å²) in [4.78, 5) is 12.1. The highest BCUT2D eigenvalue weighted by Crippen LogP contribution is 2.20. The molecule has 3 heteroatoms. The first-order chi connectivity index (χ1) is 8.97. The van der Waals surface area contributed by atoms with Gasteiger partial charge in [-0.1, -0.05) is 18.2 Å². The SMILES string of the molecule is Cc1ccc(C)c(NC(=O)c2ccc(C)c(O)c2)c1. The smallest absolute Gasteiger partial charge is 0.255 e. The fourth-order valence-electron chi connectivity index (χ4n) is 1.82. The van der Waals surface area contributed by atoms with Gasteiger partial charge in [-0.2, -0.15) is 0 Å². The number of anilines is 1. The second-order valence-electron chi connectivity index (χ2n) is 4.77. The number of hydrogen-bond donors (Lipinski definition) is 2. The molecule has 0 radical (unpaired) electrons. The predicted molar refractivity (Wildman–Crippen MR) is 76.7 cm³/mol. The average Bonchev–Trinajstić information content (AvgIpc) is 2.37. The minimum atomic E-state index is -0.219. The van der Waals surface area contributed by atoms with Gasteiger partial charge in [0.15, 0.2) is 0 Å². The van der Waals surface area contributed by atoms with E-state index in [2.05, 4.69) is 5.32 Å². The van der Waals surface area contributed by atoms with Gasteiger partial charge in [-0.3, -0.25) is 4.79 Å². The summed E-state index contributed by atoms with van der Waals surface area (Å²) in [6, 6.07) is 10.8. The number of benzene rings is 2. The van der Waals surface area contributed by atoms with Crippen LogP contribution in [0.25, 0.3) is 0 Å². The molecule has 0 heterocycles. The zero-order chi connectivity index (χ0) is 14.0. The van der Waals surface area contributed by atoms with Crippen molar-refractivity contribution in [2.45, 2.75) is 20.8 Å². The molecule has 2 aromatic carbocycles. The van der Waals surface area contributed by atoms with Gasteiger partial charge in [0.25, 0.3) is 5.91 Å². The van der Waals surface area contributed by atoms with Crippen molar-refractivity contribution in [2.24, 2.45) is 0 Å². The van der Waals surface area contributed by atoms with Gasteiger partial charge < -0.3 is 10.4 Å². The van der Waals surface area contributed by atoms with Gasteiger partial charge in [0.2, 0.25) is 0 Å². The molecular weight excluding hydrogens is 238 g/mol. The first-order valence-corrected chi connectivity index (χ1v) is 6.15. The fourth-order valence-corrected chi connectivity index (χ4v) is 1.82. The van der Waals surface area contributed by atoms with E-state index in [1.165, 1.54) is 6.07 Å². The Labute approximate surface area is 112 Å². The standard InChI is InChI=1S/C16H17NO2/c1-10-4-5-11(2)14(8-10)17-16(19)13-7-6-12(3)15(18)9-13/h4-9,18H,1-3H3,(H,17,19). The van der Waals surface area contributed by atoms with Gasteiger partial charge >= 0.3 is 0 Å². The topological polar surface area (TPSA) is 49.3 Å². The van der Waals surface area contributed by atoms with E-state index in [-0.39, 0.29) is 11.7 Å². The Morgan fingerprint density at radius 1 is 1.00 bits per heavy atom. The van der Waals surface area contributed by atoms with Gasteiger partial charge in [0.1, 0.15) is 5.75 Å². The zero-order valence-electron chi connectivity index (χ0n) is 11.3. The van der Waals surface area contributed by atoms with Crippen molar-refractivity contribution < 1.29 is 9.90 Å². The Morgan fingerprint density at radius 3 is 2.37 bits per heavy atom. The number of phenols is 1. The molecule has 0 spiro atoms. The highest BCUT2D eigenvalue weighted by Gasteiger charge is 2.09. The van der Waals surface area contributed by atoms with Crippen molar-refractivity contribution in [1.82, 2.24) is 0 Å². The third-order valence-corrected chi connectivity index (χ3v) is 3.11. The number of carbonyl (C=O) groups excluding carboxylic acids is 1. The highest BCUT2D eigenvalue weighted by molar-refractivity contribution is 6.05. The summed E-state index contributed by atoms with van der Waals surface area (Å²) in [6.45, 7) is 5.72. The number of nitrogens with one attached hydrogen (secondary N) is 1. The maximum absolute atomic E-state index is 12.1. The zero-order valence-corrected chi connectivity index (χ0v) is 11.3. The molecule has 0 bridgehead atoms. The first kappa shape index (κ1) is 13.1. The van der Waals surface area contributed by atoms with Gasteiger partial charge in [0, 0.05) is 11.3 Å². The normalized spacial score (nSPS) is 10.3. The van der Waals surface area contributed by atoms with E-state index in [4.69, 9.17) is 0 Å². The lowest BCUT2D eigenvalue weighted by atomic mass is 10.1. The Morgan fingerprint density at radius 2 is 1.68 bits per heavy atom. The Hall–Kier alpha value is -2.29. The highest BCUT2D eigenvalue weighted by atomic mass is 16.3. The van der Waals surface area contributed by atoms with Crippen LogP contribution in [0.5, 0.6) is 5.75 Å². The van der Waals surface area contributed by atoms with Gasteiger partial charge in [-0.05, 0) is 55.7 Å². The molecule has 0 saturated heterocycles. The summed E-state index contributed by atoms with van der Waals surface area (Å²) in [5, 5.41) is 12.5. The Bertz CT molecular complexity index is 633. The van der Waals surface area contributed by atoms with Crippen molar-refractivity contribution in [3.63, 3.8) is 0 Å². The summed E-state index contributed by atoms with van der Waals surface area (Å²) in [5.41, 5.74) is 4.10. The second-order valence-corrected chi connectivity index (χ2v) is 4.77. The Kier molecular flexibility index (Phi) is 3.56. The minimum Gasteiger partial charge on any atom is -0.508 e. The number of aromatic hydroxyl groups is 1. The van der Waals surface area contributed by atoms with E-state index in [0.717, 1.165) is 22.4 Å². The lowest BCUT2D eigenvalue weighted by Crippen LogP contribution is -2.12. The molecule has 0 aliphatic heterocycles. The maximum Gasteiger partial charge on any atom is 0.255 e. The van der Waals surface area contributed by atoms with Crippen molar-refractivity contribution in [1.29, 1.82) is 0 Å². The van der Waals surface area contributed by atoms with E-state index in [1.54, 1.807) is 19.1 Å². The molecule has 0 unspecified atom stereocenters. The van der Waals surface area contributed by atoms with Crippen LogP contribution < -0.4 is 5.32 Å². The minimum absolute atomic E-state index is 0.133. The summed E-state index contributed by atoms with van der Waals surface area (Å²) in [6.07, 6.45) is 0. The lowest BCUT2D eigenvalue weighted by Gasteiger charge is -2.10. The quantitative estimate of drug-likeness (QED) is 0.861. The molecular formula is C16H17NO2. The van der Waals surface area contributed by atoms with Crippen molar-refractivity contribution >= 4 is 11.6 Å². The third-order valence-electron chi connectivity index (χ3n) is 3.11. The largest absolute Gasteiger partial charge is 0.508 e. The number of carbonyl (C=O) groups is 1. The van der Waals surface area contributed by atoms with E-state index in [1.807, 2.05) is 32.0 Å². The van der Waals surface area contributed by atoms with Crippen LogP contribution in [0.2, 0.25) is 0 Å². The molecule has 1 amide bonds. The summed E-state index contributed by atoms with van der Waals surface area (Å²) >= 11 is 0. The second kappa shape index (κ2) is 5.14. The first-order valence-electron chi connectivity index (χ1n) is 6.15. The molecule has 2 rings (SSSR count). The average molecular weight is 255 g/mol. The van der Waals surface area contributed by atoms with E-state index in [0.29, 0.717) is 5.56 Å². The molecule has 3 nitrogen and oxygen atoms in total. The number of amides is 1. The predicted octanol–water partition coefficient (Wildman–Crippen LogP) is 3.57. The third kappa shape index (κ3) is 2.94. The molecule has 0 aliphatic rings. The van der Waals surface area contributed by atoms with Crippen LogP contribution in [0.15, 0.2) is 36.4 Å². The maximum atomic E-state index is 12.1. The molecule has 0 aromatic heterocycles. The number of hydrogen-bond acceptors (Lipinski definition) is 2. The van der Waals surface area contributed by atoms with Crippen LogP contribution in [0.3, 0.4) is 0 Å². The van der Waals surface area contributed by atoms with Crippen molar-refractivity contribution in [2.75, 3.05) is 5.32 Å². The van der Waals surface area contributed by atoms with Crippen LogP contribution in [0.4, 0.5) is 5.69 Å². The lowest BCUT2D eigenvalue weighted by molar-refractivity contribution is 0.102. The molecule has 0 fully saturated rings. The molecule has 98 valence electrons. The molecule has 2 aromatic rings.